The van der Waals surface area contributed by atoms with Gasteiger partial charge in [0.2, 0.25) is 0 Å². The smallest absolute Gasteiger partial charge is 0.0656 e. The second kappa shape index (κ2) is 11.3. The first-order valence-electron chi connectivity index (χ1n) is 18.5. The Labute approximate surface area is 260 Å². The largest absolute Gasteiger partial charge is 0.393 e. The van der Waals surface area contributed by atoms with E-state index in [1.165, 1.54) is 32.1 Å². The summed E-state index contributed by atoms with van der Waals surface area (Å²) in [6.45, 7) is 28.8. The first kappa shape index (κ1) is 33.2. The van der Waals surface area contributed by atoms with Gasteiger partial charge in [0.1, 0.15) is 0 Å². The lowest BCUT2D eigenvalue weighted by molar-refractivity contribution is -0.279. The lowest BCUT2D eigenvalue weighted by Crippen LogP contribution is -2.70. The Kier molecular flexibility index (Phi) is 8.94. The molecule has 0 amide bonds. The molecule has 42 heavy (non-hydrogen) atoms. The molecule has 5 aliphatic rings. The van der Waals surface area contributed by atoms with E-state index in [1.54, 1.807) is 0 Å². The van der Waals surface area contributed by atoms with Crippen LogP contribution in [0.1, 0.15) is 128 Å². The minimum atomic E-state index is -0.542. The zero-order valence-corrected chi connectivity index (χ0v) is 29.6. The number of hydrogen-bond donors (Lipinski definition) is 3. The second-order valence-electron chi connectivity index (χ2n) is 18.7. The molecule has 0 spiro atoms. The zero-order chi connectivity index (χ0) is 31.3. The van der Waals surface area contributed by atoms with Crippen LogP contribution in [0, 0.1) is 99.1 Å². The Balaban J connectivity index is 1.42. The predicted octanol–water partition coefficient (Wildman–Crippen LogP) is 8.69. The van der Waals surface area contributed by atoms with Crippen molar-refractivity contribution in [3.63, 3.8) is 0 Å². The summed E-state index contributed by atoms with van der Waals surface area (Å²) in [7, 11) is 0. The highest BCUT2D eigenvalue weighted by Gasteiger charge is 2.70. The van der Waals surface area contributed by atoms with Gasteiger partial charge in [0.05, 0.1) is 18.3 Å². The summed E-state index contributed by atoms with van der Waals surface area (Å²) in [6.07, 6.45) is 7.32. The van der Waals surface area contributed by atoms with Gasteiger partial charge < -0.3 is 15.3 Å². The third-order valence-electron chi connectivity index (χ3n) is 17.1. The molecule has 0 heterocycles. The van der Waals surface area contributed by atoms with Crippen molar-refractivity contribution in [1.82, 2.24) is 0 Å². The SMILES string of the molecule is CC(O)C1C(C)CC2(C)CC3(C)CC4C(CCC5C(C)C(C)C(C)C(C)C5C)CCC(C)C4C(O)C3C(C)C2(C)C1O. The molecule has 0 bridgehead atoms. The van der Waals surface area contributed by atoms with Crippen LogP contribution in [0.4, 0.5) is 0 Å². The van der Waals surface area contributed by atoms with Gasteiger partial charge in [-0.1, -0.05) is 82.6 Å². The summed E-state index contributed by atoms with van der Waals surface area (Å²) in [4.78, 5) is 0. The molecule has 3 nitrogen and oxygen atoms in total. The van der Waals surface area contributed by atoms with E-state index in [4.69, 9.17) is 0 Å². The Morgan fingerprint density at radius 2 is 1.31 bits per heavy atom. The average Bonchev–Trinajstić information content (AvgIpc) is 2.89. The molecule has 0 aromatic rings. The van der Waals surface area contributed by atoms with E-state index in [2.05, 4.69) is 76.2 Å². The Morgan fingerprint density at radius 1 is 0.738 bits per heavy atom. The van der Waals surface area contributed by atoms with Crippen LogP contribution < -0.4 is 0 Å². The summed E-state index contributed by atoms with van der Waals surface area (Å²) in [5.74, 6) is 7.73. The molecule has 3 N–H and O–H groups in total. The lowest BCUT2D eigenvalue weighted by atomic mass is 9.34. The summed E-state index contributed by atoms with van der Waals surface area (Å²) in [5, 5.41) is 35.3. The minimum Gasteiger partial charge on any atom is -0.393 e. The van der Waals surface area contributed by atoms with Crippen LogP contribution in [-0.4, -0.2) is 33.6 Å². The molecule has 0 aromatic carbocycles. The first-order chi connectivity index (χ1) is 19.4. The minimum absolute atomic E-state index is 0.000157. The highest BCUT2D eigenvalue weighted by atomic mass is 16.3. The fourth-order valence-electron chi connectivity index (χ4n) is 14.1. The summed E-state index contributed by atoms with van der Waals surface area (Å²) in [6, 6.07) is 0. The molecular weight excluding hydrogens is 516 g/mol. The number of aliphatic hydroxyl groups excluding tert-OH is 3. The second-order valence-corrected chi connectivity index (χ2v) is 18.7. The molecule has 3 heteroatoms. The fourth-order valence-corrected chi connectivity index (χ4v) is 14.1. The van der Waals surface area contributed by atoms with Crippen LogP contribution in [0.3, 0.4) is 0 Å². The maximum atomic E-state index is 12.5. The standard InChI is InChI=1S/C39H70O3/c1-20-13-14-29(15-16-30-25(6)23(4)22(3)24(5)26(30)7)31-18-37(10)19-38(11)17-21(2)32(28(9)40)36(42)39(38,12)27(8)34(37)35(41)33(20)31/h20-36,40-42H,13-19H2,1-12H3. The van der Waals surface area contributed by atoms with E-state index in [9.17, 15) is 15.3 Å². The maximum absolute atomic E-state index is 12.5. The van der Waals surface area contributed by atoms with Crippen molar-refractivity contribution in [2.75, 3.05) is 0 Å². The lowest BCUT2D eigenvalue weighted by Gasteiger charge is -2.72. The molecule has 5 saturated carbocycles. The van der Waals surface area contributed by atoms with Crippen LogP contribution >= 0.6 is 0 Å². The molecule has 0 aliphatic heterocycles. The monoisotopic (exact) mass is 587 g/mol. The third-order valence-corrected chi connectivity index (χ3v) is 17.1. The average molecular weight is 587 g/mol. The number of hydrogen-bond acceptors (Lipinski definition) is 3. The van der Waals surface area contributed by atoms with E-state index in [-0.39, 0.29) is 40.1 Å². The van der Waals surface area contributed by atoms with Gasteiger partial charge in [0.15, 0.2) is 0 Å². The van der Waals surface area contributed by atoms with Crippen molar-refractivity contribution in [2.45, 2.75) is 146 Å². The molecule has 18 unspecified atom stereocenters. The van der Waals surface area contributed by atoms with E-state index in [0.29, 0.717) is 23.7 Å². The van der Waals surface area contributed by atoms with Crippen LogP contribution in [0.5, 0.6) is 0 Å². The summed E-state index contributed by atoms with van der Waals surface area (Å²) in [5.41, 5.74) is -0.223. The normalized spacial score (nSPS) is 60.6. The maximum Gasteiger partial charge on any atom is 0.0656 e. The Morgan fingerprint density at radius 3 is 1.88 bits per heavy atom. The molecule has 5 aliphatic carbocycles. The predicted molar refractivity (Wildman–Crippen MR) is 175 cm³/mol. The number of aliphatic hydroxyl groups is 3. The van der Waals surface area contributed by atoms with E-state index < -0.39 is 12.2 Å². The van der Waals surface area contributed by atoms with Gasteiger partial charge in [0.25, 0.3) is 0 Å². The molecule has 0 aromatic heterocycles. The van der Waals surface area contributed by atoms with Crippen LogP contribution in [0.15, 0.2) is 0 Å². The molecule has 0 saturated heterocycles. The molecule has 5 rings (SSSR count). The van der Waals surface area contributed by atoms with Gasteiger partial charge in [-0.05, 0) is 133 Å². The number of fused-ring (bicyclic) bond motifs is 3. The zero-order valence-electron chi connectivity index (χ0n) is 29.6. The molecule has 244 valence electrons. The fraction of sp³-hybridized carbons (Fsp3) is 1.00. The first-order valence-corrected chi connectivity index (χ1v) is 18.5. The van der Waals surface area contributed by atoms with Crippen molar-refractivity contribution in [3.05, 3.63) is 0 Å². The molecular formula is C39H70O3. The third kappa shape index (κ3) is 4.73. The highest BCUT2D eigenvalue weighted by molar-refractivity contribution is 5.18. The van der Waals surface area contributed by atoms with Crippen LogP contribution in [-0.2, 0) is 0 Å². The Hall–Kier alpha value is -0.120. The summed E-state index contributed by atoms with van der Waals surface area (Å²) < 4.78 is 0. The van der Waals surface area contributed by atoms with Gasteiger partial charge in [-0.3, -0.25) is 0 Å². The van der Waals surface area contributed by atoms with Gasteiger partial charge in [-0.15, -0.1) is 0 Å². The molecule has 18 atom stereocenters. The van der Waals surface area contributed by atoms with Crippen LogP contribution in [0.2, 0.25) is 0 Å². The van der Waals surface area contributed by atoms with Crippen molar-refractivity contribution >= 4 is 0 Å². The van der Waals surface area contributed by atoms with Crippen molar-refractivity contribution in [3.8, 4) is 0 Å². The van der Waals surface area contributed by atoms with Crippen molar-refractivity contribution in [1.29, 1.82) is 0 Å². The van der Waals surface area contributed by atoms with Gasteiger partial charge in [0, 0.05) is 11.3 Å². The van der Waals surface area contributed by atoms with Crippen molar-refractivity contribution < 1.29 is 15.3 Å². The number of rotatable bonds is 4. The van der Waals surface area contributed by atoms with Gasteiger partial charge in [-0.25, -0.2) is 0 Å². The van der Waals surface area contributed by atoms with E-state index >= 15 is 0 Å². The topological polar surface area (TPSA) is 60.7 Å². The molecule has 0 radical (unpaired) electrons. The van der Waals surface area contributed by atoms with Crippen LogP contribution in [0.25, 0.3) is 0 Å². The van der Waals surface area contributed by atoms with E-state index in [0.717, 1.165) is 54.3 Å². The van der Waals surface area contributed by atoms with Gasteiger partial charge >= 0.3 is 0 Å². The van der Waals surface area contributed by atoms with Crippen molar-refractivity contribution in [2.24, 2.45) is 99.1 Å². The van der Waals surface area contributed by atoms with E-state index in [1.807, 2.05) is 6.92 Å². The quantitative estimate of drug-likeness (QED) is 0.309. The van der Waals surface area contributed by atoms with Gasteiger partial charge in [-0.2, -0.15) is 0 Å². The summed E-state index contributed by atoms with van der Waals surface area (Å²) >= 11 is 0. The Bertz CT molecular complexity index is 947. The highest BCUT2D eigenvalue weighted by Crippen LogP contribution is 2.73. The molecule has 5 fully saturated rings.